The van der Waals surface area contributed by atoms with Gasteiger partial charge in [0.2, 0.25) is 0 Å². The van der Waals surface area contributed by atoms with Crippen molar-refractivity contribution in [2.24, 2.45) is 0 Å². The van der Waals surface area contributed by atoms with E-state index in [0.29, 0.717) is 0 Å². The lowest BCUT2D eigenvalue weighted by Crippen LogP contribution is -2.01. The van der Waals surface area contributed by atoms with Gasteiger partial charge in [0.15, 0.2) is 35.6 Å². The van der Waals surface area contributed by atoms with Gasteiger partial charge in [-0.3, -0.25) is 9.59 Å². The molecule has 0 unspecified atom stereocenters. The largest absolute Gasteiger partial charge is 0.507 e. The van der Waals surface area contributed by atoms with Crippen LogP contribution in [0.3, 0.4) is 0 Å². The van der Waals surface area contributed by atoms with Crippen LogP contribution < -0.4 is 0 Å². The van der Waals surface area contributed by atoms with E-state index >= 15 is 0 Å². The molecule has 0 heterocycles. The van der Waals surface area contributed by atoms with Gasteiger partial charge in [-0.2, -0.15) is 0 Å². The van der Waals surface area contributed by atoms with Crippen molar-refractivity contribution in [3.05, 3.63) is 45.5 Å². The maximum absolute atomic E-state index is 12.1. The first kappa shape index (κ1) is 23.9. The lowest BCUT2D eigenvalue weighted by atomic mass is 9.83. The first-order valence-electron chi connectivity index (χ1n) is 13.0. The summed E-state index contributed by atoms with van der Waals surface area (Å²) in [5, 5.41) is 65.6. The van der Waals surface area contributed by atoms with Crippen LogP contribution in [-0.2, 0) is 0 Å². The topological polar surface area (TPSA) is 156 Å². The van der Waals surface area contributed by atoms with Gasteiger partial charge in [0.25, 0.3) is 0 Å². The fourth-order valence-electron chi connectivity index (χ4n) is 5.34. The van der Waals surface area contributed by atoms with Crippen molar-refractivity contribution >= 4 is 34.1 Å². The number of aromatic hydroxyl groups is 6. The van der Waals surface area contributed by atoms with Crippen LogP contribution in [0.15, 0.2) is 12.1 Å². The Morgan fingerprint density at radius 2 is 0.921 bits per heavy atom. The standard InChI is InChI=1S/C30H30O8/c1-11(2)19-15-7-13(5)21(27(35)23(15)17(9-31)25(33)29(19)37)22-14(6)8-16-20(12(3)4)30(38)26(34)18(10-32)24(16)28(22)36/h7-12,33-38H,1-6H3/i7D,8D. The summed E-state index contributed by atoms with van der Waals surface area (Å²) in [6, 6.07) is -0.412. The normalized spacial score (nSPS) is 12.4. The monoisotopic (exact) mass is 520 g/mol. The van der Waals surface area contributed by atoms with Crippen LogP contribution in [0.25, 0.3) is 32.7 Å². The molecule has 0 bridgehead atoms. The van der Waals surface area contributed by atoms with Gasteiger partial charge in [-0.1, -0.05) is 39.8 Å². The second kappa shape index (κ2) is 9.13. The molecule has 0 aliphatic carbocycles. The third-order valence-electron chi connectivity index (χ3n) is 7.01. The summed E-state index contributed by atoms with van der Waals surface area (Å²) >= 11 is 0. The number of rotatable bonds is 5. The average molecular weight is 521 g/mol. The van der Waals surface area contributed by atoms with Gasteiger partial charge in [-0.25, -0.2) is 0 Å². The van der Waals surface area contributed by atoms with Gasteiger partial charge >= 0.3 is 0 Å². The van der Waals surface area contributed by atoms with Crippen molar-refractivity contribution in [3.63, 3.8) is 0 Å². The Morgan fingerprint density at radius 1 is 0.605 bits per heavy atom. The highest BCUT2D eigenvalue weighted by Crippen LogP contribution is 2.54. The van der Waals surface area contributed by atoms with Crippen LogP contribution in [0.5, 0.6) is 34.5 Å². The maximum Gasteiger partial charge on any atom is 0.169 e. The average Bonchev–Trinajstić information content (AvgIpc) is 2.89. The molecule has 0 spiro atoms. The second-order valence-electron chi connectivity index (χ2n) is 10.0. The lowest BCUT2D eigenvalue weighted by molar-refractivity contribution is 0.111. The Labute approximate surface area is 221 Å². The van der Waals surface area contributed by atoms with E-state index < -0.39 is 57.5 Å². The molecule has 0 aliphatic heterocycles. The van der Waals surface area contributed by atoms with E-state index in [1.54, 1.807) is 27.7 Å². The number of hydrogen-bond donors (Lipinski definition) is 6. The Balaban J connectivity index is 2.37. The molecule has 8 heteroatoms. The fraction of sp³-hybridized carbons (Fsp3) is 0.267. The van der Waals surface area contributed by atoms with E-state index in [1.807, 2.05) is 0 Å². The van der Waals surface area contributed by atoms with E-state index in [4.69, 9.17) is 2.74 Å². The van der Waals surface area contributed by atoms with Crippen LogP contribution in [-0.4, -0.2) is 43.2 Å². The molecule has 0 atom stereocenters. The molecule has 4 rings (SSSR count). The Kier molecular flexibility index (Phi) is 5.75. The van der Waals surface area contributed by atoms with Crippen LogP contribution in [0.4, 0.5) is 0 Å². The fourth-order valence-corrected chi connectivity index (χ4v) is 5.34. The van der Waals surface area contributed by atoms with E-state index in [0.717, 1.165) is 0 Å². The number of phenolic OH excluding ortho intramolecular Hbond substituents is 6. The molecule has 38 heavy (non-hydrogen) atoms. The molecule has 6 N–H and O–H groups in total. The van der Waals surface area contributed by atoms with Crippen LogP contribution in [0.1, 0.15) is 85.2 Å². The van der Waals surface area contributed by atoms with E-state index in [2.05, 4.69) is 0 Å². The van der Waals surface area contributed by atoms with Crippen molar-refractivity contribution < 1.29 is 43.0 Å². The Hall–Kier alpha value is -4.46. The molecule has 0 fully saturated rings. The molecule has 0 radical (unpaired) electrons. The minimum Gasteiger partial charge on any atom is -0.507 e. The molecule has 0 saturated carbocycles. The summed E-state index contributed by atoms with van der Waals surface area (Å²) in [5.74, 6) is -4.79. The summed E-state index contributed by atoms with van der Waals surface area (Å²) in [6.45, 7) is 9.77. The van der Waals surface area contributed by atoms with Gasteiger partial charge in [0.05, 0.1) is 13.9 Å². The molecular weight excluding hydrogens is 488 g/mol. The van der Waals surface area contributed by atoms with Gasteiger partial charge < -0.3 is 30.6 Å². The molecule has 8 nitrogen and oxygen atoms in total. The number of carbonyl (C=O) groups excluding carboxylic acids is 2. The number of phenols is 6. The molecule has 0 saturated heterocycles. The zero-order valence-corrected chi connectivity index (χ0v) is 21.8. The highest BCUT2D eigenvalue weighted by Gasteiger charge is 2.29. The number of fused-ring (bicyclic) bond motifs is 2. The summed E-state index contributed by atoms with van der Waals surface area (Å²) in [6.07, 6.45) is 0.478. The van der Waals surface area contributed by atoms with E-state index in [1.165, 1.54) is 13.8 Å². The van der Waals surface area contributed by atoms with Crippen LogP contribution >= 0.6 is 0 Å². The quantitative estimate of drug-likeness (QED) is 0.131. The van der Waals surface area contributed by atoms with Crippen molar-refractivity contribution in [3.8, 4) is 45.6 Å². The maximum atomic E-state index is 12.1. The van der Waals surface area contributed by atoms with E-state index in [-0.39, 0.29) is 79.6 Å². The zero-order valence-electron chi connectivity index (χ0n) is 23.8. The Bertz CT molecular complexity index is 1660. The molecule has 198 valence electrons. The number of benzene rings is 4. The SMILES string of the molecule is [2H]c1c(C)c(-c2c(C)c([2H])c3c(C(C)C)c(O)c(O)c(C=O)c3c2O)c(O)c2c(C=O)c(O)c(O)c(C(C)C)c12. The van der Waals surface area contributed by atoms with Crippen molar-refractivity contribution in [1.82, 2.24) is 0 Å². The first-order valence-corrected chi connectivity index (χ1v) is 12.0. The van der Waals surface area contributed by atoms with Crippen LogP contribution in [0, 0.1) is 13.8 Å². The smallest absolute Gasteiger partial charge is 0.169 e. The molecule has 0 aromatic heterocycles. The highest BCUT2D eigenvalue weighted by molar-refractivity contribution is 6.14. The minimum atomic E-state index is -0.776. The summed E-state index contributed by atoms with van der Waals surface area (Å²) < 4.78 is 17.9. The third kappa shape index (κ3) is 3.51. The third-order valence-corrected chi connectivity index (χ3v) is 7.01. The predicted octanol–water partition coefficient (Wildman–Crippen LogP) is 6.38. The molecule has 4 aromatic rings. The van der Waals surface area contributed by atoms with Crippen molar-refractivity contribution in [2.45, 2.75) is 53.4 Å². The molecule has 0 aliphatic rings. The number of hydrogen-bond acceptors (Lipinski definition) is 8. The summed E-state index contributed by atoms with van der Waals surface area (Å²) in [4.78, 5) is 24.1. The summed E-state index contributed by atoms with van der Waals surface area (Å²) in [7, 11) is 0. The second-order valence-corrected chi connectivity index (χ2v) is 10.0. The Morgan fingerprint density at radius 3 is 1.18 bits per heavy atom. The van der Waals surface area contributed by atoms with Gasteiger partial charge in [0, 0.05) is 33.0 Å². The van der Waals surface area contributed by atoms with Gasteiger partial charge in [0.1, 0.15) is 11.5 Å². The zero-order chi connectivity index (χ0) is 30.1. The lowest BCUT2D eigenvalue weighted by Gasteiger charge is -2.23. The van der Waals surface area contributed by atoms with Gasteiger partial charge in [-0.15, -0.1) is 0 Å². The molecular formula is C30H30O8. The number of aldehydes is 2. The minimum absolute atomic E-state index is 0.0356. The first-order chi connectivity index (χ1) is 18.6. The molecule has 0 amide bonds. The van der Waals surface area contributed by atoms with Crippen molar-refractivity contribution in [2.75, 3.05) is 0 Å². The molecule has 4 aromatic carbocycles. The van der Waals surface area contributed by atoms with E-state index in [9.17, 15) is 40.2 Å². The predicted molar refractivity (Wildman–Crippen MR) is 145 cm³/mol. The highest BCUT2D eigenvalue weighted by atomic mass is 16.3. The van der Waals surface area contributed by atoms with Gasteiger partial charge in [-0.05, 0) is 47.6 Å². The van der Waals surface area contributed by atoms with Crippen molar-refractivity contribution in [1.29, 1.82) is 0 Å². The van der Waals surface area contributed by atoms with Crippen LogP contribution in [0.2, 0.25) is 0 Å². The summed E-state index contributed by atoms with van der Waals surface area (Å²) in [5.41, 5.74) is -0.699. The number of carbonyl (C=O) groups is 2.